The molecule has 0 radical (unpaired) electrons. The van der Waals surface area contributed by atoms with E-state index < -0.39 is 0 Å². The van der Waals surface area contributed by atoms with Crippen molar-refractivity contribution < 1.29 is 4.74 Å². The first-order valence-electron chi connectivity index (χ1n) is 4.68. The first-order chi connectivity index (χ1) is 5.31. The van der Waals surface area contributed by atoms with Gasteiger partial charge in [0, 0.05) is 12.1 Å². The minimum atomic E-state index is 0.155. The van der Waals surface area contributed by atoms with Gasteiger partial charge >= 0.3 is 0 Å². The Morgan fingerprint density at radius 3 is 2.25 bits per heavy atom. The summed E-state index contributed by atoms with van der Waals surface area (Å²) in [6.45, 7) is 12.8. The molecule has 1 unspecified atom stereocenters. The summed E-state index contributed by atoms with van der Waals surface area (Å²) < 4.78 is 5.80. The number of morpholine rings is 1. The van der Waals surface area contributed by atoms with Crippen LogP contribution < -0.4 is 5.32 Å². The largest absolute Gasteiger partial charge is 0.374 e. The maximum Gasteiger partial charge on any atom is 0.0748 e. The topological polar surface area (TPSA) is 21.3 Å². The van der Waals surface area contributed by atoms with Crippen molar-refractivity contribution >= 4 is 0 Å². The lowest BCUT2D eigenvalue weighted by molar-refractivity contribution is -0.0723. The van der Waals surface area contributed by atoms with Gasteiger partial charge in [0.25, 0.3) is 0 Å². The number of hydrogen-bond acceptors (Lipinski definition) is 2. The molecule has 2 nitrogen and oxygen atoms in total. The Balaban J connectivity index is 2.47. The molecule has 1 aliphatic heterocycles. The van der Waals surface area contributed by atoms with E-state index in [-0.39, 0.29) is 11.0 Å². The first-order valence-corrected chi connectivity index (χ1v) is 4.68. The van der Waals surface area contributed by atoms with Gasteiger partial charge in [0.1, 0.15) is 0 Å². The van der Waals surface area contributed by atoms with Crippen molar-refractivity contribution in [2.75, 3.05) is 13.2 Å². The number of ether oxygens (including phenoxy) is 1. The summed E-state index contributed by atoms with van der Waals surface area (Å²) in [5.41, 5.74) is 0.408. The molecular formula is C10H21NO. The van der Waals surface area contributed by atoms with Crippen LogP contribution in [-0.4, -0.2) is 24.8 Å². The second-order valence-electron chi connectivity index (χ2n) is 5.43. The fourth-order valence-corrected chi connectivity index (χ4v) is 1.34. The Morgan fingerprint density at radius 1 is 1.33 bits per heavy atom. The summed E-state index contributed by atoms with van der Waals surface area (Å²) in [4.78, 5) is 0. The highest BCUT2D eigenvalue weighted by Gasteiger charge is 2.33. The van der Waals surface area contributed by atoms with Crippen molar-refractivity contribution in [3.8, 4) is 0 Å². The molecular weight excluding hydrogens is 150 g/mol. The molecule has 72 valence electrons. The third-order valence-corrected chi connectivity index (χ3v) is 2.38. The highest BCUT2D eigenvalue weighted by atomic mass is 16.5. The van der Waals surface area contributed by atoms with Gasteiger partial charge in [-0.2, -0.15) is 0 Å². The highest BCUT2D eigenvalue weighted by molar-refractivity contribution is 4.88. The van der Waals surface area contributed by atoms with E-state index in [9.17, 15) is 0 Å². The van der Waals surface area contributed by atoms with E-state index in [4.69, 9.17) is 4.74 Å². The second-order valence-corrected chi connectivity index (χ2v) is 5.43. The summed E-state index contributed by atoms with van der Waals surface area (Å²) in [6.07, 6.45) is 0.352. The third-order valence-electron chi connectivity index (χ3n) is 2.38. The molecule has 1 saturated heterocycles. The molecule has 0 bridgehead atoms. The molecule has 0 aliphatic carbocycles. The number of rotatable bonds is 0. The summed E-state index contributed by atoms with van der Waals surface area (Å²) in [6, 6.07) is 0. The van der Waals surface area contributed by atoms with Crippen LogP contribution in [0.3, 0.4) is 0 Å². The SMILES string of the molecule is CC1(C)COC(C(C)(C)C)CN1. The van der Waals surface area contributed by atoms with Gasteiger partial charge in [-0.15, -0.1) is 0 Å². The zero-order chi connectivity index (χ0) is 9.41. The van der Waals surface area contributed by atoms with Crippen LogP contribution in [0.15, 0.2) is 0 Å². The minimum Gasteiger partial charge on any atom is -0.374 e. The lowest BCUT2D eigenvalue weighted by Crippen LogP contribution is -2.56. The van der Waals surface area contributed by atoms with Crippen molar-refractivity contribution in [3.05, 3.63) is 0 Å². The van der Waals surface area contributed by atoms with E-state index in [1.165, 1.54) is 0 Å². The predicted octanol–water partition coefficient (Wildman–Crippen LogP) is 1.80. The van der Waals surface area contributed by atoms with Crippen LogP contribution in [0.25, 0.3) is 0 Å². The van der Waals surface area contributed by atoms with Gasteiger partial charge in [-0.05, 0) is 19.3 Å². The van der Waals surface area contributed by atoms with Crippen molar-refractivity contribution in [1.29, 1.82) is 0 Å². The normalized spacial score (nSPS) is 30.2. The standard InChI is InChI=1S/C10H21NO/c1-9(2,3)8-6-11-10(4,5)7-12-8/h8,11H,6-7H2,1-5H3. The molecule has 0 aromatic rings. The molecule has 0 amide bonds. The van der Waals surface area contributed by atoms with E-state index in [1.807, 2.05) is 0 Å². The molecule has 0 saturated carbocycles. The van der Waals surface area contributed by atoms with E-state index in [2.05, 4.69) is 39.9 Å². The van der Waals surface area contributed by atoms with Gasteiger partial charge in [-0.1, -0.05) is 20.8 Å². The molecule has 0 aromatic heterocycles. The van der Waals surface area contributed by atoms with Gasteiger partial charge in [0.05, 0.1) is 12.7 Å². The Bertz CT molecular complexity index is 148. The third kappa shape index (κ3) is 2.46. The van der Waals surface area contributed by atoms with Crippen LogP contribution >= 0.6 is 0 Å². The molecule has 1 atom stereocenters. The lowest BCUT2D eigenvalue weighted by Gasteiger charge is -2.41. The molecule has 12 heavy (non-hydrogen) atoms. The summed E-state index contributed by atoms with van der Waals surface area (Å²) in [7, 11) is 0. The molecule has 1 aliphatic rings. The zero-order valence-corrected chi connectivity index (χ0v) is 8.90. The van der Waals surface area contributed by atoms with Crippen LogP contribution in [0, 0.1) is 5.41 Å². The van der Waals surface area contributed by atoms with E-state index in [1.54, 1.807) is 0 Å². The Kier molecular flexibility index (Phi) is 2.50. The monoisotopic (exact) mass is 171 g/mol. The van der Waals surface area contributed by atoms with E-state index >= 15 is 0 Å². The van der Waals surface area contributed by atoms with Crippen LogP contribution in [0.2, 0.25) is 0 Å². The molecule has 1 heterocycles. The smallest absolute Gasteiger partial charge is 0.0748 e. The molecule has 1 fully saturated rings. The van der Waals surface area contributed by atoms with Crippen LogP contribution in [0.4, 0.5) is 0 Å². The van der Waals surface area contributed by atoms with Gasteiger partial charge in [0.2, 0.25) is 0 Å². The molecule has 1 N–H and O–H groups in total. The van der Waals surface area contributed by atoms with Crippen molar-refractivity contribution in [2.45, 2.75) is 46.3 Å². The predicted molar refractivity (Wildman–Crippen MR) is 51.3 cm³/mol. The first kappa shape index (κ1) is 10.0. The zero-order valence-electron chi connectivity index (χ0n) is 8.90. The molecule has 0 aromatic carbocycles. The maximum atomic E-state index is 5.80. The van der Waals surface area contributed by atoms with Crippen LogP contribution in [0.5, 0.6) is 0 Å². The second kappa shape index (κ2) is 3.00. The lowest BCUT2D eigenvalue weighted by atomic mass is 9.87. The van der Waals surface area contributed by atoms with E-state index in [0.717, 1.165) is 13.2 Å². The van der Waals surface area contributed by atoms with Gasteiger partial charge < -0.3 is 10.1 Å². The molecule has 0 spiro atoms. The van der Waals surface area contributed by atoms with Gasteiger partial charge in [0.15, 0.2) is 0 Å². The summed E-state index contributed by atoms with van der Waals surface area (Å²) >= 11 is 0. The number of nitrogens with one attached hydrogen (secondary N) is 1. The Hall–Kier alpha value is -0.0800. The number of hydrogen-bond donors (Lipinski definition) is 1. The minimum absolute atomic E-state index is 0.155. The maximum absolute atomic E-state index is 5.80. The molecule has 2 heteroatoms. The Labute approximate surface area is 75.7 Å². The van der Waals surface area contributed by atoms with Crippen molar-refractivity contribution in [3.63, 3.8) is 0 Å². The van der Waals surface area contributed by atoms with Crippen molar-refractivity contribution in [1.82, 2.24) is 5.32 Å². The summed E-state index contributed by atoms with van der Waals surface area (Å²) in [5.74, 6) is 0. The quantitative estimate of drug-likeness (QED) is 0.600. The highest BCUT2D eigenvalue weighted by Crippen LogP contribution is 2.25. The van der Waals surface area contributed by atoms with Crippen LogP contribution in [0.1, 0.15) is 34.6 Å². The van der Waals surface area contributed by atoms with E-state index in [0.29, 0.717) is 6.10 Å². The molecule has 1 rings (SSSR count). The van der Waals surface area contributed by atoms with Gasteiger partial charge in [-0.3, -0.25) is 0 Å². The average Bonchev–Trinajstić information content (AvgIpc) is 1.83. The fourth-order valence-electron chi connectivity index (χ4n) is 1.34. The van der Waals surface area contributed by atoms with Gasteiger partial charge in [-0.25, -0.2) is 0 Å². The average molecular weight is 171 g/mol. The van der Waals surface area contributed by atoms with Crippen molar-refractivity contribution in [2.24, 2.45) is 5.41 Å². The fraction of sp³-hybridized carbons (Fsp3) is 1.00. The summed E-state index contributed by atoms with van der Waals surface area (Å²) in [5, 5.41) is 3.49. The Morgan fingerprint density at radius 2 is 1.92 bits per heavy atom. The van der Waals surface area contributed by atoms with Crippen LogP contribution in [-0.2, 0) is 4.74 Å².